The molecular weight excluding hydrogens is 433 g/mol. The van der Waals surface area contributed by atoms with Gasteiger partial charge in [-0.15, -0.1) is 0 Å². The van der Waals surface area contributed by atoms with E-state index in [4.69, 9.17) is 28.5 Å². The minimum atomic E-state index is -0.240. The van der Waals surface area contributed by atoms with Gasteiger partial charge in [0.05, 0.1) is 39.7 Å². The van der Waals surface area contributed by atoms with E-state index in [0.29, 0.717) is 41.8 Å². The maximum Gasteiger partial charge on any atom is 0.240 e. The predicted octanol–water partition coefficient (Wildman–Crippen LogP) is 4.00. The molecule has 1 aliphatic rings. The van der Waals surface area contributed by atoms with Crippen molar-refractivity contribution in [1.29, 1.82) is 5.26 Å². The van der Waals surface area contributed by atoms with Crippen molar-refractivity contribution in [3.8, 4) is 6.07 Å². The van der Waals surface area contributed by atoms with Crippen molar-refractivity contribution in [2.45, 2.75) is 32.1 Å². The number of halogens is 2. The van der Waals surface area contributed by atoms with Gasteiger partial charge in [0.1, 0.15) is 0 Å². The van der Waals surface area contributed by atoms with Crippen LogP contribution in [0.4, 0.5) is 0 Å². The van der Waals surface area contributed by atoms with Crippen LogP contribution in [0.1, 0.15) is 28.8 Å². The Balaban J connectivity index is 1.35. The Kier molecular flexibility index (Phi) is 6.57. The number of imidazole rings is 1. The highest BCUT2D eigenvalue weighted by Crippen LogP contribution is 2.27. The maximum absolute atomic E-state index is 12.8. The standard InChI is InChI=1S/C23H21Cl2N5O/c24-20-3-1-2-18(22(20)25)14-29-9-8-21(23(29)31)28-12-19-11-27-15-30(19)13-17-6-4-16(10-26)5-7-17/h1-7,11,15,21,28H,8-9,12-14H2/t21-/m1/s1. The number of carbonyl (C=O) groups is 1. The molecule has 0 bridgehead atoms. The summed E-state index contributed by atoms with van der Waals surface area (Å²) in [6.45, 7) is 2.32. The van der Waals surface area contributed by atoms with E-state index in [-0.39, 0.29) is 11.9 Å². The number of benzene rings is 2. The minimum absolute atomic E-state index is 0.0641. The van der Waals surface area contributed by atoms with Crippen LogP contribution in [-0.2, 0) is 24.4 Å². The normalized spacial score (nSPS) is 16.0. The van der Waals surface area contributed by atoms with Crippen LogP contribution in [0.2, 0.25) is 10.0 Å². The SMILES string of the molecule is N#Cc1ccc(Cn2cncc2CN[C@@H]2CCN(Cc3cccc(Cl)c3Cl)C2=O)cc1. The molecule has 2 aromatic carbocycles. The lowest BCUT2D eigenvalue weighted by Crippen LogP contribution is -2.38. The fourth-order valence-corrected chi connectivity index (χ4v) is 4.09. The summed E-state index contributed by atoms with van der Waals surface area (Å²) < 4.78 is 2.04. The summed E-state index contributed by atoms with van der Waals surface area (Å²) in [6.07, 6.45) is 4.32. The molecule has 1 saturated heterocycles. The van der Waals surface area contributed by atoms with Crippen LogP contribution in [-0.4, -0.2) is 32.9 Å². The lowest BCUT2D eigenvalue weighted by Gasteiger charge is -2.18. The molecule has 158 valence electrons. The third-order valence-corrected chi connectivity index (χ3v) is 6.31. The largest absolute Gasteiger partial charge is 0.337 e. The second-order valence-electron chi connectivity index (χ2n) is 7.52. The molecule has 8 heteroatoms. The van der Waals surface area contributed by atoms with Gasteiger partial charge in [-0.05, 0) is 35.7 Å². The smallest absolute Gasteiger partial charge is 0.240 e. The average Bonchev–Trinajstić information content (AvgIpc) is 3.36. The molecule has 4 rings (SSSR count). The van der Waals surface area contributed by atoms with Gasteiger partial charge in [0.2, 0.25) is 5.91 Å². The van der Waals surface area contributed by atoms with E-state index in [1.807, 2.05) is 45.9 Å². The van der Waals surface area contributed by atoms with Gasteiger partial charge in [-0.3, -0.25) is 4.79 Å². The lowest BCUT2D eigenvalue weighted by atomic mass is 10.1. The predicted molar refractivity (Wildman–Crippen MR) is 120 cm³/mol. The van der Waals surface area contributed by atoms with Crippen LogP contribution in [0, 0.1) is 11.3 Å². The van der Waals surface area contributed by atoms with Gasteiger partial charge in [-0.2, -0.15) is 5.26 Å². The van der Waals surface area contributed by atoms with Gasteiger partial charge in [0, 0.05) is 32.4 Å². The third-order valence-electron chi connectivity index (χ3n) is 5.45. The summed E-state index contributed by atoms with van der Waals surface area (Å²) in [5.41, 5.74) is 3.57. The van der Waals surface area contributed by atoms with E-state index >= 15 is 0 Å². The minimum Gasteiger partial charge on any atom is -0.337 e. The topological polar surface area (TPSA) is 74.0 Å². The quantitative estimate of drug-likeness (QED) is 0.586. The molecule has 3 aromatic rings. The van der Waals surface area contributed by atoms with E-state index in [1.54, 1.807) is 18.6 Å². The first kappa shape index (κ1) is 21.4. The zero-order valence-electron chi connectivity index (χ0n) is 16.8. The molecule has 1 aromatic heterocycles. The molecule has 1 amide bonds. The Bertz CT molecular complexity index is 1120. The molecule has 6 nitrogen and oxygen atoms in total. The van der Waals surface area contributed by atoms with Crippen LogP contribution in [0.15, 0.2) is 55.0 Å². The Morgan fingerprint density at radius 1 is 1.16 bits per heavy atom. The molecule has 0 saturated carbocycles. The molecule has 1 atom stereocenters. The van der Waals surface area contributed by atoms with Crippen LogP contribution in [0.25, 0.3) is 0 Å². The molecule has 1 N–H and O–H groups in total. The van der Waals surface area contributed by atoms with Crippen molar-refractivity contribution in [3.05, 3.63) is 87.4 Å². The first-order valence-corrected chi connectivity index (χ1v) is 10.7. The Morgan fingerprint density at radius 3 is 2.74 bits per heavy atom. The molecule has 0 unspecified atom stereocenters. The van der Waals surface area contributed by atoms with E-state index in [9.17, 15) is 4.79 Å². The van der Waals surface area contributed by atoms with Gasteiger partial charge in [-0.25, -0.2) is 4.98 Å². The zero-order chi connectivity index (χ0) is 21.8. The molecule has 1 fully saturated rings. The summed E-state index contributed by atoms with van der Waals surface area (Å²) in [5.74, 6) is 0.0641. The number of amides is 1. The molecule has 0 radical (unpaired) electrons. The summed E-state index contributed by atoms with van der Waals surface area (Å²) in [6, 6.07) is 14.9. The maximum atomic E-state index is 12.8. The Hall–Kier alpha value is -2.85. The summed E-state index contributed by atoms with van der Waals surface area (Å²) in [5, 5.41) is 13.3. The highest BCUT2D eigenvalue weighted by Gasteiger charge is 2.31. The van der Waals surface area contributed by atoms with Crippen molar-refractivity contribution in [3.63, 3.8) is 0 Å². The highest BCUT2D eigenvalue weighted by molar-refractivity contribution is 6.42. The van der Waals surface area contributed by atoms with Crippen molar-refractivity contribution < 1.29 is 4.79 Å². The first-order valence-electron chi connectivity index (χ1n) is 9.98. The van der Waals surface area contributed by atoms with Crippen molar-refractivity contribution in [1.82, 2.24) is 19.8 Å². The van der Waals surface area contributed by atoms with E-state index in [0.717, 1.165) is 23.2 Å². The Morgan fingerprint density at radius 2 is 1.97 bits per heavy atom. The number of nitriles is 1. The number of nitrogens with one attached hydrogen (secondary N) is 1. The fraction of sp³-hybridized carbons (Fsp3) is 0.261. The molecule has 2 heterocycles. The monoisotopic (exact) mass is 453 g/mol. The number of aromatic nitrogens is 2. The van der Waals surface area contributed by atoms with Crippen LogP contribution in [0.3, 0.4) is 0 Å². The average molecular weight is 454 g/mol. The highest BCUT2D eigenvalue weighted by atomic mass is 35.5. The lowest BCUT2D eigenvalue weighted by molar-refractivity contribution is -0.129. The Labute approximate surface area is 191 Å². The van der Waals surface area contributed by atoms with Gasteiger partial charge >= 0.3 is 0 Å². The van der Waals surface area contributed by atoms with Gasteiger partial charge in [0.15, 0.2) is 0 Å². The van der Waals surface area contributed by atoms with Gasteiger partial charge < -0.3 is 14.8 Å². The second kappa shape index (κ2) is 9.52. The molecule has 1 aliphatic heterocycles. The second-order valence-corrected chi connectivity index (χ2v) is 8.30. The molecular formula is C23H21Cl2N5O. The number of hydrogen-bond donors (Lipinski definition) is 1. The van der Waals surface area contributed by atoms with Crippen LogP contribution < -0.4 is 5.32 Å². The van der Waals surface area contributed by atoms with E-state index < -0.39 is 0 Å². The van der Waals surface area contributed by atoms with E-state index in [1.165, 1.54) is 0 Å². The van der Waals surface area contributed by atoms with Crippen LogP contribution in [0.5, 0.6) is 0 Å². The molecule has 31 heavy (non-hydrogen) atoms. The third kappa shape index (κ3) is 4.91. The number of rotatable bonds is 7. The number of nitrogens with zero attached hydrogens (tertiary/aromatic N) is 4. The molecule has 0 aliphatic carbocycles. The molecule has 0 spiro atoms. The fourth-order valence-electron chi connectivity index (χ4n) is 3.71. The van der Waals surface area contributed by atoms with Crippen LogP contribution >= 0.6 is 23.2 Å². The van der Waals surface area contributed by atoms with E-state index in [2.05, 4.69) is 16.4 Å². The number of hydrogen-bond acceptors (Lipinski definition) is 4. The van der Waals surface area contributed by atoms with Gasteiger partial charge in [0.25, 0.3) is 0 Å². The van der Waals surface area contributed by atoms with Crippen molar-refractivity contribution >= 4 is 29.1 Å². The first-order chi connectivity index (χ1) is 15.0. The summed E-state index contributed by atoms with van der Waals surface area (Å²) >= 11 is 12.4. The summed E-state index contributed by atoms with van der Waals surface area (Å²) in [7, 11) is 0. The van der Waals surface area contributed by atoms with Crippen molar-refractivity contribution in [2.75, 3.05) is 6.54 Å². The van der Waals surface area contributed by atoms with Crippen molar-refractivity contribution in [2.24, 2.45) is 0 Å². The summed E-state index contributed by atoms with van der Waals surface area (Å²) in [4.78, 5) is 18.9. The number of carbonyl (C=O) groups excluding carboxylic acids is 1. The van der Waals surface area contributed by atoms with Gasteiger partial charge in [-0.1, -0.05) is 47.5 Å². The number of likely N-dealkylation sites (tertiary alicyclic amines) is 1. The zero-order valence-corrected chi connectivity index (χ0v) is 18.3.